The first-order valence-corrected chi connectivity index (χ1v) is 7.97. The maximum Gasteiger partial charge on any atom is 0.267 e. The van der Waals surface area contributed by atoms with Crippen molar-refractivity contribution in [3.8, 4) is 0 Å². The van der Waals surface area contributed by atoms with Gasteiger partial charge in [0.2, 0.25) is 10.0 Å². The lowest BCUT2D eigenvalue weighted by Crippen LogP contribution is -2.30. The summed E-state index contributed by atoms with van der Waals surface area (Å²) >= 11 is 3.24. The van der Waals surface area contributed by atoms with E-state index in [4.69, 9.17) is 0 Å². The predicted molar refractivity (Wildman–Crippen MR) is 68.4 cm³/mol. The molecule has 0 unspecified atom stereocenters. The number of carbonyl (C=O) groups is 1. The Labute approximate surface area is 113 Å². The van der Waals surface area contributed by atoms with Crippen LogP contribution in [0.25, 0.3) is 0 Å². The molecule has 2 rings (SSSR count). The molecule has 0 saturated heterocycles. The van der Waals surface area contributed by atoms with Crippen molar-refractivity contribution in [3.05, 3.63) is 33.5 Å². The smallest absolute Gasteiger partial charge is 0.267 e. The highest BCUT2D eigenvalue weighted by atomic mass is 79.9. The van der Waals surface area contributed by atoms with Crippen LogP contribution in [0.2, 0.25) is 0 Å². The summed E-state index contributed by atoms with van der Waals surface area (Å²) < 4.78 is 37.9. The lowest BCUT2D eigenvalue weighted by molar-refractivity contribution is 0.0977. The van der Waals surface area contributed by atoms with Gasteiger partial charge in [-0.2, -0.15) is 0 Å². The minimum Gasteiger partial charge on any atom is -0.268 e. The van der Waals surface area contributed by atoms with Crippen LogP contribution in [0.4, 0.5) is 4.39 Å². The molecule has 0 radical (unpaired) electrons. The molecular weight excluding hydrogens is 325 g/mol. The summed E-state index contributed by atoms with van der Waals surface area (Å²) in [6, 6.07) is 2.61. The number of nitrogens with one attached hydrogen (secondary N) is 1. The zero-order chi connectivity index (χ0) is 13.5. The van der Waals surface area contributed by atoms with E-state index in [1.54, 1.807) is 4.72 Å². The van der Waals surface area contributed by atoms with Crippen LogP contribution in [0.15, 0.2) is 16.6 Å². The molecule has 98 valence electrons. The Balaban J connectivity index is 2.38. The molecule has 0 heterocycles. The number of hydrogen-bond donors (Lipinski definition) is 1. The van der Waals surface area contributed by atoms with E-state index >= 15 is 0 Å². The second-order valence-corrected chi connectivity index (χ2v) is 6.93. The molecule has 1 amide bonds. The zero-order valence-electron chi connectivity index (χ0n) is 9.54. The molecule has 1 aromatic carbocycles. The molecule has 1 aliphatic carbocycles. The van der Waals surface area contributed by atoms with Crippen LogP contribution >= 0.6 is 15.9 Å². The van der Waals surface area contributed by atoms with E-state index in [9.17, 15) is 17.6 Å². The fourth-order valence-electron chi connectivity index (χ4n) is 1.67. The molecule has 7 heteroatoms. The summed E-state index contributed by atoms with van der Waals surface area (Å²) in [6.45, 7) is 0. The Bertz CT molecular complexity index is 611. The molecule has 1 aliphatic rings. The number of benzene rings is 1. The lowest BCUT2D eigenvalue weighted by atomic mass is 10.1. The van der Waals surface area contributed by atoms with Gasteiger partial charge in [0.1, 0.15) is 5.82 Å². The van der Waals surface area contributed by atoms with E-state index in [0.29, 0.717) is 10.4 Å². The second-order valence-electron chi connectivity index (χ2n) is 4.33. The average Bonchev–Trinajstić information content (AvgIpc) is 2.98. The molecule has 4 nitrogen and oxygen atoms in total. The van der Waals surface area contributed by atoms with Gasteiger partial charge in [-0.25, -0.2) is 17.5 Å². The van der Waals surface area contributed by atoms with Gasteiger partial charge in [0.25, 0.3) is 5.91 Å². The van der Waals surface area contributed by atoms with Gasteiger partial charge >= 0.3 is 0 Å². The summed E-state index contributed by atoms with van der Waals surface area (Å²) in [5.41, 5.74) is 0.598. The highest BCUT2D eigenvalue weighted by Crippen LogP contribution is 2.43. The monoisotopic (exact) mass is 335 g/mol. The molecule has 0 aromatic heterocycles. The zero-order valence-corrected chi connectivity index (χ0v) is 11.9. The van der Waals surface area contributed by atoms with Gasteiger partial charge < -0.3 is 0 Å². The van der Waals surface area contributed by atoms with E-state index in [1.807, 2.05) is 0 Å². The molecule has 1 N–H and O–H groups in total. The molecule has 0 spiro atoms. The van der Waals surface area contributed by atoms with E-state index < -0.39 is 21.7 Å². The third-order valence-electron chi connectivity index (χ3n) is 2.63. The van der Waals surface area contributed by atoms with E-state index in [2.05, 4.69) is 15.9 Å². The Morgan fingerprint density at radius 2 is 2.06 bits per heavy atom. The second kappa shape index (κ2) is 4.62. The highest BCUT2D eigenvalue weighted by Gasteiger charge is 2.28. The van der Waals surface area contributed by atoms with Crippen LogP contribution in [0.5, 0.6) is 0 Å². The SMILES string of the molecule is CS(=O)(=O)NC(=O)c1cc(C2CC2)c(Br)cc1F. The summed E-state index contributed by atoms with van der Waals surface area (Å²) in [5, 5.41) is 0. The maximum absolute atomic E-state index is 13.7. The molecule has 0 aliphatic heterocycles. The van der Waals surface area contributed by atoms with Crippen molar-refractivity contribution in [3.63, 3.8) is 0 Å². The van der Waals surface area contributed by atoms with E-state index in [0.717, 1.165) is 24.7 Å². The first-order valence-electron chi connectivity index (χ1n) is 5.29. The molecule has 1 aromatic rings. The third-order valence-corrected chi connectivity index (χ3v) is 3.87. The number of amides is 1. The van der Waals surface area contributed by atoms with Crippen molar-refractivity contribution < 1.29 is 17.6 Å². The molecule has 18 heavy (non-hydrogen) atoms. The number of sulfonamides is 1. The van der Waals surface area contributed by atoms with Crippen LogP contribution < -0.4 is 4.72 Å². The van der Waals surface area contributed by atoms with Gasteiger partial charge in [0, 0.05) is 4.47 Å². The fraction of sp³-hybridized carbons (Fsp3) is 0.364. The topological polar surface area (TPSA) is 63.2 Å². The Hall–Kier alpha value is -0.950. The van der Waals surface area contributed by atoms with Crippen molar-refractivity contribution in [2.75, 3.05) is 6.26 Å². The van der Waals surface area contributed by atoms with Gasteiger partial charge in [0.15, 0.2) is 0 Å². The van der Waals surface area contributed by atoms with Crippen LogP contribution in [0.1, 0.15) is 34.7 Å². The average molecular weight is 336 g/mol. The highest BCUT2D eigenvalue weighted by molar-refractivity contribution is 9.10. The molecule has 1 fully saturated rings. The normalized spacial score (nSPS) is 15.5. The number of rotatable bonds is 3. The Morgan fingerprint density at radius 1 is 1.44 bits per heavy atom. The minimum atomic E-state index is -3.69. The van der Waals surface area contributed by atoms with Crippen LogP contribution in [-0.4, -0.2) is 20.6 Å². The maximum atomic E-state index is 13.7. The minimum absolute atomic E-state index is 0.245. The van der Waals surface area contributed by atoms with Gasteiger partial charge in [-0.15, -0.1) is 0 Å². The van der Waals surface area contributed by atoms with Gasteiger partial charge in [-0.1, -0.05) is 15.9 Å². The quantitative estimate of drug-likeness (QED) is 0.920. The van der Waals surface area contributed by atoms with Crippen LogP contribution in [-0.2, 0) is 10.0 Å². The Morgan fingerprint density at radius 3 is 2.56 bits per heavy atom. The predicted octanol–water partition coefficient (Wildman–Crippen LogP) is 2.16. The van der Waals surface area contributed by atoms with Crippen LogP contribution in [0.3, 0.4) is 0 Å². The molecule has 0 bridgehead atoms. The first kappa shape index (κ1) is 13.5. The summed E-state index contributed by atoms with van der Waals surface area (Å²) in [7, 11) is -3.69. The molecule has 0 atom stereocenters. The van der Waals surface area contributed by atoms with Gasteiger partial charge in [0.05, 0.1) is 11.8 Å². The van der Waals surface area contributed by atoms with Crippen molar-refractivity contribution in [2.45, 2.75) is 18.8 Å². The van der Waals surface area contributed by atoms with Crippen molar-refractivity contribution in [1.29, 1.82) is 0 Å². The first-order chi connectivity index (χ1) is 8.28. The number of carbonyl (C=O) groups excluding carboxylic acids is 1. The van der Waals surface area contributed by atoms with Crippen molar-refractivity contribution in [2.24, 2.45) is 0 Å². The fourth-order valence-corrected chi connectivity index (χ4v) is 2.76. The largest absolute Gasteiger partial charge is 0.268 e. The molecular formula is C11H11BrFNO3S. The summed E-state index contributed by atoms with van der Waals surface area (Å²) in [5.74, 6) is -1.36. The van der Waals surface area contributed by atoms with Crippen molar-refractivity contribution in [1.82, 2.24) is 4.72 Å². The van der Waals surface area contributed by atoms with Gasteiger partial charge in [-0.05, 0) is 36.5 Å². The van der Waals surface area contributed by atoms with Gasteiger partial charge in [-0.3, -0.25) is 4.79 Å². The van der Waals surface area contributed by atoms with Crippen molar-refractivity contribution >= 4 is 31.9 Å². The molecule has 1 saturated carbocycles. The summed E-state index contributed by atoms with van der Waals surface area (Å²) in [4.78, 5) is 11.6. The van der Waals surface area contributed by atoms with E-state index in [-0.39, 0.29) is 5.56 Å². The summed E-state index contributed by atoms with van der Waals surface area (Å²) in [6.07, 6.45) is 2.85. The van der Waals surface area contributed by atoms with Crippen LogP contribution in [0, 0.1) is 5.82 Å². The lowest BCUT2D eigenvalue weighted by Gasteiger charge is -2.08. The number of halogens is 2. The van der Waals surface area contributed by atoms with E-state index in [1.165, 1.54) is 12.1 Å². The standard InChI is InChI=1S/C11H11BrFNO3S/c1-18(16,17)14-11(15)8-4-7(6-2-3-6)9(12)5-10(8)13/h4-6H,2-3H2,1H3,(H,14,15). The number of hydrogen-bond acceptors (Lipinski definition) is 3. The Kier molecular flexibility index (Phi) is 3.46. The third kappa shape index (κ3) is 3.08.